The lowest BCUT2D eigenvalue weighted by Gasteiger charge is -2.34. The monoisotopic (exact) mass is 472 g/mol. The van der Waals surface area contributed by atoms with Crippen LogP contribution in [-0.2, 0) is 27.3 Å². The van der Waals surface area contributed by atoms with Crippen molar-refractivity contribution >= 4 is 46.7 Å². The smallest absolute Gasteiger partial charge is 0.329 e. The maximum atomic E-state index is 13.0. The highest BCUT2D eigenvalue weighted by Crippen LogP contribution is 2.29. The van der Waals surface area contributed by atoms with Crippen molar-refractivity contribution in [3.05, 3.63) is 87.8 Å². The Morgan fingerprint density at radius 1 is 1.03 bits per heavy atom. The van der Waals surface area contributed by atoms with Crippen LogP contribution in [0.25, 0.3) is 0 Å². The van der Waals surface area contributed by atoms with E-state index < -0.39 is 30.4 Å². The summed E-state index contributed by atoms with van der Waals surface area (Å²) in [5, 5.41) is 3.03. The molecule has 0 fully saturated rings. The van der Waals surface area contributed by atoms with E-state index in [9.17, 15) is 14.4 Å². The van der Waals surface area contributed by atoms with Crippen molar-refractivity contribution < 1.29 is 23.5 Å². The molecule has 3 aromatic rings. The van der Waals surface area contributed by atoms with Crippen LogP contribution in [0.3, 0.4) is 0 Å². The maximum Gasteiger partial charge on any atom is 0.329 e. The van der Waals surface area contributed by atoms with Crippen molar-refractivity contribution in [2.75, 3.05) is 11.9 Å². The van der Waals surface area contributed by atoms with E-state index in [-0.39, 0.29) is 28.8 Å². The van der Waals surface area contributed by atoms with Crippen LogP contribution in [0.1, 0.15) is 21.7 Å². The summed E-state index contributed by atoms with van der Waals surface area (Å²) in [4.78, 5) is 39.5. The number of hydrogen-bond donors (Lipinski definition) is 1. The summed E-state index contributed by atoms with van der Waals surface area (Å²) in [6.45, 7) is -0.317. The number of esters is 1. The number of anilines is 1. The number of hydrogen-bond acceptors (Lipinski definition) is 5. The van der Waals surface area contributed by atoms with Crippen molar-refractivity contribution in [2.45, 2.75) is 19.0 Å². The molecule has 2 amide bonds. The second-order valence-electron chi connectivity index (χ2n) is 7.16. The molecular weight excluding hydrogens is 455 g/mol. The Morgan fingerprint density at radius 3 is 2.56 bits per heavy atom. The van der Waals surface area contributed by atoms with Gasteiger partial charge in [-0.3, -0.25) is 9.59 Å². The van der Waals surface area contributed by atoms with E-state index in [4.69, 9.17) is 32.4 Å². The normalized spacial score (nSPS) is 15.1. The second-order valence-corrected chi connectivity index (χ2v) is 7.94. The van der Waals surface area contributed by atoms with Gasteiger partial charge in [0.25, 0.3) is 11.8 Å². The lowest BCUT2D eigenvalue weighted by atomic mass is 9.93. The first-order valence-electron chi connectivity index (χ1n) is 9.76. The molecule has 32 heavy (non-hydrogen) atoms. The van der Waals surface area contributed by atoms with Crippen LogP contribution in [0.5, 0.6) is 0 Å². The molecule has 7 nitrogen and oxygen atoms in total. The van der Waals surface area contributed by atoms with Gasteiger partial charge in [0.1, 0.15) is 6.04 Å². The number of furan rings is 1. The largest absolute Gasteiger partial charge is 0.459 e. The Balaban J connectivity index is 1.47. The zero-order valence-corrected chi connectivity index (χ0v) is 18.2. The molecule has 9 heteroatoms. The molecule has 1 atom stereocenters. The Morgan fingerprint density at radius 2 is 1.81 bits per heavy atom. The topological polar surface area (TPSA) is 88.9 Å². The Labute approximate surface area is 193 Å². The number of carbonyl (C=O) groups excluding carboxylic acids is 3. The average molecular weight is 473 g/mol. The standard InChI is InChI=1S/C23H18Cl2N2O5/c24-16-7-3-8-17(21(16)25)26-20(28)13-32-23(30)18-11-14-5-1-2-6-15(14)12-27(18)22(29)19-9-4-10-31-19/h1-10,18H,11-13H2,(H,26,28). The molecule has 0 bridgehead atoms. The molecule has 164 valence electrons. The van der Waals surface area contributed by atoms with Crippen molar-refractivity contribution in [2.24, 2.45) is 0 Å². The number of ether oxygens (including phenoxy) is 1. The second kappa shape index (κ2) is 9.46. The van der Waals surface area contributed by atoms with Crippen molar-refractivity contribution in [1.29, 1.82) is 0 Å². The van der Waals surface area contributed by atoms with E-state index in [2.05, 4.69) is 5.32 Å². The lowest BCUT2D eigenvalue weighted by Crippen LogP contribution is -2.49. The minimum atomic E-state index is -0.898. The summed E-state index contributed by atoms with van der Waals surface area (Å²) in [5.41, 5.74) is 2.18. The highest BCUT2D eigenvalue weighted by atomic mass is 35.5. The number of amides is 2. The van der Waals surface area contributed by atoms with Gasteiger partial charge >= 0.3 is 5.97 Å². The van der Waals surface area contributed by atoms with Gasteiger partial charge in [0.05, 0.1) is 22.0 Å². The molecule has 2 aromatic carbocycles. The van der Waals surface area contributed by atoms with Crippen molar-refractivity contribution in [1.82, 2.24) is 4.90 Å². The van der Waals surface area contributed by atoms with E-state index in [1.54, 1.807) is 24.3 Å². The van der Waals surface area contributed by atoms with Gasteiger partial charge in [-0.2, -0.15) is 0 Å². The number of halogens is 2. The Bertz CT molecular complexity index is 1160. The molecule has 1 N–H and O–H groups in total. The predicted molar refractivity (Wildman–Crippen MR) is 119 cm³/mol. The third-order valence-corrected chi connectivity index (χ3v) is 5.90. The Kier molecular flexibility index (Phi) is 6.48. The van der Waals surface area contributed by atoms with Gasteiger partial charge in [-0.15, -0.1) is 0 Å². The fourth-order valence-corrected chi connectivity index (χ4v) is 3.86. The van der Waals surface area contributed by atoms with E-state index in [0.29, 0.717) is 5.69 Å². The van der Waals surface area contributed by atoms with Crippen LogP contribution in [0, 0.1) is 0 Å². The minimum Gasteiger partial charge on any atom is -0.459 e. The van der Waals surface area contributed by atoms with Gasteiger partial charge in [-0.25, -0.2) is 4.79 Å². The molecule has 0 aliphatic carbocycles. The third kappa shape index (κ3) is 4.64. The zero-order valence-electron chi connectivity index (χ0n) is 16.7. The summed E-state index contributed by atoms with van der Waals surface area (Å²) < 4.78 is 10.5. The van der Waals surface area contributed by atoms with E-state index in [0.717, 1.165) is 11.1 Å². The molecular formula is C23H18Cl2N2O5. The minimum absolute atomic E-state index is 0.121. The van der Waals surface area contributed by atoms with Gasteiger partial charge in [-0.05, 0) is 35.4 Å². The first kappa shape index (κ1) is 21.9. The summed E-state index contributed by atoms with van der Waals surface area (Å²) in [5.74, 6) is -1.58. The molecule has 4 rings (SSSR count). The summed E-state index contributed by atoms with van der Waals surface area (Å²) in [6, 6.07) is 14.6. The van der Waals surface area contributed by atoms with Crippen LogP contribution >= 0.6 is 23.2 Å². The van der Waals surface area contributed by atoms with Gasteiger partial charge in [-0.1, -0.05) is 53.5 Å². The number of nitrogens with zero attached hydrogens (tertiary/aromatic N) is 1. The van der Waals surface area contributed by atoms with Gasteiger partial charge in [0, 0.05) is 13.0 Å². The first-order chi connectivity index (χ1) is 15.4. The molecule has 1 aromatic heterocycles. The van der Waals surface area contributed by atoms with Crippen LogP contribution in [0.15, 0.2) is 65.3 Å². The van der Waals surface area contributed by atoms with Crippen LogP contribution in [-0.4, -0.2) is 35.3 Å². The van der Waals surface area contributed by atoms with E-state index in [1.807, 2.05) is 24.3 Å². The number of carbonyl (C=O) groups is 3. The molecule has 0 saturated carbocycles. The molecule has 1 unspecified atom stereocenters. The highest BCUT2D eigenvalue weighted by Gasteiger charge is 2.37. The summed E-state index contributed by atoms with van der Waals surface area (Å²) in [6.07, 6.45) is 1.66. The van der Waals surface area contributed by atoms with Gasteiger partial charge in [0.2, 0.25) is 0 Å². The molecule has 1 aliphatic heterocycles. The Hall–Kier alpha value is -3.29. The molecule has 2 heterocycles. The average Bonchev–Trinajstić information content (AvgIpc) is 3.34. The first-order valence-corrected chi connectivity index (χ1v) is 10.5. The quantitative estimate of drug-likeness (QED) is 0.558. The van der Waals surface area contributed by atoms with Crippen molar-refractivity contribution in [3.8, 4) is 0 Å². The molecule has 1 aliphatic rings. The summed E-state index contributed by atoms with van der Waals surface area (Å²) >= 11 is 12.0. The fraction of sp³-hybridized carbons (Fsp3) is 0.174. The van der Waals surface area contributed by atoms with E-state index in [1.165, 1.54) is 17.2 Å². The van der Waals surface area contributed by atoms with E-state index >= 15 is 0 Å². The number of rotatable bonds is 5. The fourth-order valence-electron chi connectivity index (χ4n) is 3.51. The predicted octanol–water partition coefficient (Wildman–Crippen LogP) is 4.34. The SMILES string of the molecule is O=C(COC(=O)C1Cc2ccccc2CN1C(=O)c1ccco1)Nc1cccc(Cl)c1Cl. The van der Waals surface area contributed by atoms with Crippen LogP contribution in [0.2, 0.25) is 10.0 Å². The lowest BCUT2D eigenvalue weighted by molar-refractivity contribution is -0.152. The molecule has 0 radical (unpaired) electrons. The highest BCUT2D eigenvalue weighted by molar-refractivity contribution is 6.44. The molecule has 0 spiro atoms. The van der Waals surface area contributed by atoms with Gasteiger partial charge in [0.15, 0.2) is 12.4 Å². The van der Waals surface area contributed by atoms with Gasteiger partial charge < -0.3 is 19.4 Å². The molecule has 0 saturated heterocycles. The number of benzene rings is 2. The van der Waals surface area contributed by atoms with Crippen LogP contribution in [0.4, 0.5) is 5.69 Å². The van der Waals surface area contributed by atoms with Crippen molar-refractivity contribution in [3.63, 3.8) is 0 Å². The number of fused-ring (bicyclic) bond motifs is 1. The third-order valence-electron chi connectivity index (χ3n) is 5.08. The van der Waals surface area contributed by atoms with Crippen LogP contribution < -0.4 is 5.32 Å². The maximum absolute atomic E-state index is 13.0. The zero-order chi connectivity index (χ0) is 22.7. The summed E-state index contributed by atoms with van der Waals surface area (Å²) in [7, 11) is 0. The number of nitrogens with one attached hydrogen (secondary N) is 1.